The Morgan fingerprint density at radius 2 is 1.68 bits per heavy atom. The summed E-state index contributed by atoms with van der Waals surface area (Å²) in [5.41, 5.74) is 1.78. The Balaban J connectivity index is 1.72. The Hall–Kier alpha value is -2.71. The van der Waals surface area contributed by atoms with Gasteiger partial charge in [0, 0.05) is 44.9 Å². The normalized spacial score (nSPS) is 15.5. The number of amides is 2. The molecule has 0 bridgehead atoms. The lowest BCUT2D eigenvalue weighted by atomic mass is 10.0. The van der Waals surface area contributed by atoms with E-state index in [1.165, 1.54) is 35.5 Å². The topological polar surface area (TPSA) is 86.8 Å². The molecule has 0 atom stereocenters. The van der Waals surface area contributed by atoms with Gasteiger partial charge in [-0.15, -0.1) is 0 Å². The van der Waals surface area contributed by atoms with Crippen molar-refractivity contribution in [2.45, 2.75) is 38.1 Å². The number of anilines is 1. The number of hydrogen-bond donors (Lipinski definition) is 1. The zero-order chi connectivity index (χ0) is 22.6. The van der Waals surface area contributed by atoms with E-state index in [0.29, 0.717) is 36.8 Å². The van der Waals surface area contributed by atoms with Crippen molar-refractivity contribution in [1.82, 2.24) is 9.21 Å². The number of nitrogens with one attached hydrogen (secondary N) is 1. The molecule has 2 aromatic carbocycles. The van der Waals surface area contributed by atoms with Crippen LogP contribution in [-0.4, -0.2) is 49.6 Å². The Kier molecular flexibility index (Phi) is 7.12. The Morgan fingerprint density at radius 1 is 1.06 bits per heavy atom. The quantitative estimate of drug-likeness (QED) is 0.742. The molecule has 0 unspecified atom stereocenters. The van der Waals surface area contributed by atoms with Crippen LogP contribution < -0.4 is 5.32 Å². The number of nitrogens with zero attached hydrogens (tertiary/aromatic N) is 2. The number of piperidine rings is 1. The molecule has 8 heteroatoms. The van der Waals surface area contributed by atoms with Gasteiger partial charge in [-0.2, -0.15) is 4.31 Å². The molecule has 0 aliphatic carbocycles. The molecule has 2 amide bonds. The summed E-state index contributed by atoms with van der Waals surface area (Å²) in [6.45, 7) is 5.04. The maximum Gasteiger partial charge on any atom is 0.255 e. The van der Waals surface area contributed by atoms with Crippen molar-refractivity contribution in [3.05, 3.63) is 59.7 Å². The molecule has 0 saturated carbocycles. The van der Waals surface area contributed by atoms with Gasteiger partial charge < -0.3 is 10.2 Å². The first-order chi connectivity index (χ1) is 14.7. The first-order valence-electron chi connectivity index (χ1n) is 10.4. The number of rotatable bonds is 6. The minimum absolute atomic E-state index is 0.0684. The van der Waals surface area contributed by atoms with Crippen LogP contribution in [0.2, 0.25) is 0 Å². The highest BCUT2D eigenvalue weighted by Crippen LogP contribution is 2.24. The molecule has 31 heavy (non-hydrogen) atoms. The lowest BCUT2D eigenvalue weighted by Crippen LogP contribution is -2.37. The van der Waals surface area contributed by atoms with Crippen LogP contribution >= 0.6 is 0 Å². The predicted molar refractivity (Wildman–Crippen MR) is 120 cm³/mol. The molecule has 1 N–H and O–H groups in total. The number of hydrogen-bond acceptors (Lipinski definition) is 4. The second-order valence-electron chi connectivity index (χ2n) is 8.10. The molecule has 1 heterocycles. The first-order valence-corrected chi connectivity index (χ1v) is 11.8. The van der Waals surface area contributed by atoms with Gasteiger partial charge in [0.25, 0.3) is 5.91 Å². The van der Waals surface area contributed by atoms with Crippen molar-refractivity contribution in [2.24, 2.45) is 5.92 Å². The molecule has 7 nitrogen and oxygen atoms in total. The number of benzene rings is 2. The zero-order valence-electron chi connectivity index (χ0n) is 18.2. The van der Waals surface area contributed by atoms with Crippen molar-refractivity contribution >= 4 is 27.5 Å². The third-order valence-corrected chi connectivity index (χ3v) is 7.62. The van der Waals surface area contributed by atoms with Gasteiger partial charge in [0.1, 0.15) is 0 Å². The van der Waals surface area contributed by atoms with E-state index in [2.05, 4.69) is 12.2 Å². The summed E-state index contributed by atoms with van der Waals surface area (Å²) in [6, 6.07) is 13.3. The highest BCUT2D eigenvalue weighted by atomic mass is 32.2. The molecular formula is C23H29N3O4S. The van der Waals surface area contributed by atoms with Crippen LogP contribution in [0.3, 0.4) is 0 Å². The van der Waals surface area contributed by atoms with Crippen LogP contribution in [-0.2, 0) is 21.4 Å². The summed E-state index contributed by atoms with van der Waals surface area (Å²) < 4.78 is 27.2. The van der Waals surface area contributed by atoms with Gasteiger partial charge in [-0.1, -0.05) is 25.1 Å². The molecular weight excluding hydrogens is 414 g/mol. The first kappa shape index (κ1) is 23.0. The lowest BCUT2D eigenvalue weighted by molar-refractivity contribution is -0.128. The van der Waals surface area contributed by atoms with Crippen LogP contribution in [0.5, 0.6) is 0 Å². The third-order valence-electron chi connectivity index (χ3n) is 5.71. The van der Waals surface area contributed by atoms with Crippen LogP contribution in [0.1, 0.15) is 42.6 Å². The molecule has 1 fully saturated rings. The summed E-state index contributed by atoms with van der Waals surface area (Å²) in [4.78, 5) is 26.0. The third kappa shape index (κ3) is 5.51. The number of carbonyl (C=O) groups is 2. The summed E-state index contributed by atoms with van der Waals surface area (Å²) in [6.07, 6.45) is 1.72. The largest absolute Gasteiger partial charge is 0.342 e. The van der Waals surface area contributed by atoms with Gasteiger partial charge in [0.2, 0.25) is 15.9 Å². The van der Waals surface area contributed by atoms with E-state index in [0.717, 1.165) is 18.4 Å². The highest BCUT2D eigenvalue weighted by Gasteiger charge is 2.28. The minimum atomic E-state index is -3.55. The monoisotopic (exact) mass is 443 g/mol. The fourth-order valence-electron chi connectivity index (χ4n) is 3.49. The van der Waals surface area contributed by atoms with Crippen LogP contribution in [0.25, 0.3) is 0 Å². The standard InChI is InChI=1S/C23H29N3O4S/c1-17-12-14-26(15-13-17)31(29,30)21-10-8-19(9-11-21)23(28)24-22-7-5-4-6-20(22)16-25(3)18(2)27/h4-11,17H,12-16H2,1-3H3,(H,24,28). The lowest BCUT2D eigenvalue weighted by Gasteiger charge is -2.29. The van der Waals surface area contributed by atoms with Crippen molar-refractivity contribution in [2.75, 3.05) is 25.5 Å². The molecule has 2 aromatic rings. The predicted octanol–water partition coefficient (Wildman–Crippen LogP) is 3.34. The van der Waals surface area contributed by atoms with Crippen molar-refractivity contribution in [3.63, 3.8) is 0 Å². The molecule has 1 aliphatic rings. The minimum Gasteiger partial charge on any atom is -0.342 e. The van der Waals surface area contributed by atoms with E-state index < -0.39 is 10.0 Å². The molecule has 0 spiro atoms. The van der Waals surface area contributed by atoms with Gasteiger partial charge in [-0.25, -0.2) is 8.42 Å². The maximum absolute atomic E-state index is 12.9. The van der Waals surface area contributed by atoms with Gasteiger partial charge in [-0.05, 0) is 54.7 Å². The Bertz CT molecular complexity index is 1040. The Labute approximate surface area is 184 Å². The van der Waals surface area contributed by atoms with Crippen LogP contribution in [0.4, 0.5) is 5.69 Å². The molecule has 0 aromatic heterocycles. The van der Waals surface area contributed by atoms with Gasteiger partial charge in [0.15, 0.2) is 0 Å². The fourth-order valence-corrected chi connectivity index (χ4v) is 4.96. The fraction of sp³-hybridized carbons (Fsp3) is 0.391. The zero-order valence-corrected chi connectivity index (χ0v) is 19.0. The van der Waals surface area contributed by atoms with Crippen LogP contribution in [0, 0.1) is 5.92 Å². The van der Waals surface area contributed by atoms with E-state index in [1.54, 1.807) is 18.0 Å². The van der Waals surface area contributed by atoms with Gasteiger partial charge in [0.05, 0.1) is 4.90 Å². The van der Waals surface area contributed by atoms with E-state index in [4.69, 9.17) is 0 Å². The number of carbonyl (C=O) groups excluding carboxylic acids is 2. The average molecular weight is 444 g/mol. The Morgan fingerprint density at radius 3 is 2.29 bits per heavy atom. The highest BCUT2D eigenvalue weighted by molar-refractivity contribution is 7.89. The second-order valence-corrected chi connectivity index (χ2v) is 10.0. The molecule has 3 rings (SSSR count). The maximum atomic E-state index is 12.9. The summed E-state index contributed by atoms with van der Waals surface area (Å²) >= 11 is 0. The molecule has 1 saturated heterocycles. The second kappa shape index (κ2) is 9.62. The van der Waals surface area contributed by atoms with E-state index >= 15 is 0 Å². The summed E-state index contributed by atoms with van der Waals surface area (Å²) in [5, 5.41) is 2.86. The molecule has 1 aliphatic heterocycles. The van der Waals surface area contributed by atoms with Crippen molar-refractivity contribution in [1.29, 1.82) is 0 Å². The van der Waals surface area contributed by atoms with Crippen molar-refractivity contribution in [3.8, 4) is 0 Å². The van der Waals surface area contributed by atoms with Gasteiger partial charge in [-0.3, -0.25) is 9.59 Å². The molecule has 0 radical (unpaired) electrons. The summed E-state index contributed by atoms with van der Waals surface area (Å²) in [7, 11) is -1.85. The van der Waals surface area contributed by atoms with E-state index in [9.17, 15) is 18.0 Å². The average Bonchev–Trinajstić information content (AvgIpc) is 2.75. The van der Waals surface area contributed by atoms with Crippen LogP contribution in [0.15, 0.2) is 53.4 Å². The SMILES string of the molecule is CC(=O)N(C)Cc1ccccc1NC(=O)c1ccc(S(=O)(=O)N2CCC(C)CC2)cc1. The van der Waals surface area contributed by atoms with Crippen molar-refractivity contribution < 1.29 is 18.0 Å². The van der Waals surface area contributed by atoms with E-state index in [1.807, 2.05) is 18.2 Å². The smallest absolute Gasteiger partial charge is 0.255 e. The molecule has 166 valence electrons. The van der Waals surface area contributed by atoms with Gasteiger partial charge >= 0.3 is 0 Å². The number of sulfonamides is 1. The number of para-hydroxylation sites is 1. The van der Waals surface area contributed by atoms with E-state index in [-0.39, 0.29) is 16.7 Å². The summed E-state index contributed by atoms with van der Waals surface area (Å²) in [5.74, 6) is 0.130.